The molecule has 0 saturated carbocycles. The Morgan fingerprint density at radius 3 is 2.32 bits per heavy atom. The molecule has 0 atom stereocenters. The maximum Gasteiger partial charge on any atom is 0.431 e. The van der Waals surface area contributed by atoms with E-state index in [1.54, 1.807) is 0 Å². The van der Waals surface area contributed by atoms with E-state index in [4.69, 9.17) is 9.47 Å². The van der Waals surface area contributed by atoms with E-state index in [0.29, 0.717) is 11.8 Å². The van der Waals surface area contributed by atoms with E-state index in [2.05, 4.69) is 4.98 Å². The number of hydrogen-bond acceptors (Lipinski definition) is 3. The summed E-state index contributed by atoms with van der Waals surface area (Å²) < 4.78 is 47.8. The SMILES string of the molecule is COc1cc(OC)c2c(=O)cc(C(F)(F)F)[nH]c2c1. The predicted octanol–water partition coefficient (Wildman–Crippen LogP) is 2.56. The Hall–Kier alpha value is -2.18. The summed E-state index contributed by atoms with van der Waals surface area (Å²) in [6.07, 6.45) is -4.62. The van der Waals surface area contributed by atoms with Crippen molar-refractivity contribution >= 4 is 10.9 Å². The Kier molecular flexibility index (Phi) is 3.13. The van der Waals surface area contributed by atoms with Crippen LogP contribution in [0.15, 0.2) is 23.0 Å². The zero-order valence-corrected chi connectivity index (χ0v) is 10.1. The number of ether oxygens (including phenoxy) is 2. The van der Waals surface area contributed by atoms with Crippen molar-refractivity contribution in [2.75, 3.05) is 14.2 Å². The second-order valence-electron chi connectivity index (χ2n) is 3.80. The number of fused-ring (bicyclic) bond motifs is 1. The van der Waals surface area contributed by atoms with Gasteiger partial charge in [0, 0.05) is 18.2 Å². The minimum Gasteiger partial charge on any atom is -0.497 e. The largest absolute Gasteiger partial charge is 0.497 e. The standard InChI is InChI=1S/C12H10F3NO3/c1-18-6-3-7-11(9(4-6)19-2)8(17)5-10(16-7)12(13,14)15/h3-5H,1-2H3,(H,16,17). The quantitative estimate of drug-likeness (QED) is 0.914. The van der Waals surface area contributed by atoms with Crippen LogP contribution in [0.3, 0.4) is 0 Å². The number of H-pyrrole nitrogens is 1. The number of pyridine rings is 1. The smallest absolute Gasteiger partial charge is 0.431 e. The summed E-state index contributed by atoms with van der Waals surface area (Å²) in [4.78, 5) is 14.0. The zero-order chi connectivity index (χ0) is 14.2. The number of methoxy groups -OCH3 is 2. The van der Waals surface area contributed by atoms with Crippen LogP contribution in [0.5, 0.6) is 11.5 Å². The van der Waals surface area contributed by atoms with Crippen molar-refractivity contribution in [1.29, 1.82) is 0 Å². The summed E-state index contributed by atoms with van der Waals surface area (Å²) in [5.74, 6) is 0.448. The van der Waals surface area contributed by atoms with Crippen LogP contribution in [0, 0.1) is 0 Å². The van der Waals surface area contributed by atoms with Gasteiger partial charge in [0.1, 0.15) is 17.2 Å². The van der Waals surface area contributed by atoms with Gasteiger partial charge in [0.2, 0.25) is 0 Å². The van der Waals surface area contributed by atoms with Crippen LogP contribution in [-0.2, 0) is 6.18 Å². The summed E-state index contributed by atoms with van der Waals surface area (Å²) in [5.41, 5.74) is -1.86. The number of alkyl halides is 3. The molecule has 1 heterocycles. The van der Waals surface area contributed by atoms with Gasteiger partial charge in [-0.1, -0.05) is 0 Å². The van der Waals surface area contributed by atoms with Crippen LogP contribution in [0.2, 0.25) is 0 Å². The number of nitrogens with one attached hydrogen (secondary N) is 1. The number of aromatic nitrogens is 1. The van der Waals surface area contributed by atoms with Gasteiger partial charge >= 0.3 is 6.18 Å². The number of halogens is 3. The van der Waals surface area contributed by atoms with Gasteiger partial charge < -0.3 is 14.5 Å². The third kappa shape index (κ3) is 2.35. The van der Waals surface area contributed by atoms with Crippen molar-refractivity contribution in [3.63, 3.8) is 0 Å². The molecule has 0 fully saturated rings. The van der Waals surface area contributed by atoms with E-state index in [-0.39, 0.29) is 16.7 Å². The molecule has 1 aromatic carbocycles. The summed E-state index contributed by atoms with van der Waals surface area (Å²) in [6.45, 7) is 0. The lowest BCUT2D eigenvalue weighted by Crippen LogP contribution is -2.14. The van der Waals surface area contributed by atoms with Crippen molar-refractivity contribution in [2.45, 2.75) is 6.18 Å². The minimum absolute atomic E-state index is 0.0102. The number of aromatic amines is 1. The molecule has 1 aromatic heterocycles. The highest BCUT2D eigenvalue weighted by atomic mass is 19.4. The van der Waals surface area contributed by atoms with Gasteiger partial charge in [0.05, 0.1) is 25.1 Å². The van der Waals surface area contributed by atoms with Crippen LogP contribution < -0.4 is 14.9 Å². The second kappa shape index (κ2) is 4.49. The monoisotopic (exact) mass is 273 g/mol. The molecule has 0 saturated heterocycles. The molecule has 0 amide bonds. The van der Waals surface area contributed by atoms with Crippen LogP contribution in [0.25, 0.3) is 10.9 Å². The summed E-state index contributed by atoms with van der Waals surface area (Å²) in [5, 5.41) is 0.0521. The van der Waals surface area contributed by atoms with Gasteiger partial charge in [0.25, 0.3) is 0 Å². The predicted molar refractivity (Wildman–Crippen MR) is 62.7 cm³/mol. The minimum atomic E-state index is -4.62. The van der Waals surface area contributed by atoms with Crippen molar-refractivity contribution in [3.05, 3.63) is 34.1 Å². The molecule has 4 nitrogen and oxygen atoms in total. The molecule has 0 spiro atoms. The van der Waals surface area contributed by atoms with Crippen molar-refractivity contribution in [1.82, 2.24) is 4.98 Å². The van der Waals surface area contributed by atoms with Gasteiger partial charge in [0.15, 0.2) is 5.43 Å². The van der Waals surface area contributed by atoms with Gasteiger partial charge in [-0.3, -0.25) is 4.79 Å². The molecule has 7 heteroatoms. The highest BCUT2D eigenvalue weighted by Gasteiger charge is 2.32. The Bertz CT molecular complexity index is 676. The maximum atomic E-state index is 12.6. The van der Waals surface area contributed by atoms with E-state index >= 15 is 0 Å². The summed E-state index contributed by atoms with van der Waals surface area (Å²) in [7, 11) is 2.69. The van der Waals surface area contributed by atoms with Crippen LogP contribution in [0.4, 0.5) is 13.2 Å². The molecule has 0 radical (unpaired) electrons. The Labute approximate surface area is 105 Å². The maximum absolute atomic E-state index is 12.6. The van der Waals surface area contributed by atoms with E-state index in [1.165, 1.54) is 26.4 Å². The molecule has 0 bridgehead atoms. The third-order valence-corrected chi connectivity index (χ3v) is 2.63. The second-order valence-corrected chi connectivity index (χ2v) is 3.80. The zero-order valence-electron chi connectivity index (χ0n) is 10.1. The molecule has 0 aliphatic carbocycles. The fourth-order valence-corrected chi connectivity index (χ4v) is 1.76. The van der Waals surface area contributed by atoms with E-state index in [0.717, 1.165) is 0 Å². The molecule has 0 unspecified atom stereocenters. The molecule has 0 aliphatic heterocycles. The molecular formula is C12H10F3NO3. The normalized spacial score (nSPS) is 11.6. The van der Waals surface area contributed by atoms with Gasteiger partial charge in [-0.15, -0.1) is 0 Å². The van der Waals surface area contributed by atoms with Crippen LogP contribution >= 0.6 is 0 Å². The Balaban J connectivity index is 2.84. The molecule has 2 aromatic rings. The lowest BCUT2D eigenvalue weighted by molar-refractivity contribution is -0.141. The van der Waals surface area contributed by atoms with Gasteiger partial charge in [-0.05, 0) is 0 Å². The van der Waals surface area contributed by atoms with E-state index in [1.807, 2.05) is 0 Å². The number of hydrogen-bond donors (Lipinski definition) is 1. The Morgan fingerprint density at radius 1 is 1.11 bits per heavy atom. The average molecular weight is 273 g/mol. The van der Waals surface area contributed by atoms with Crippen LogP contribution in [-0.4, -0.2) is 19.2 Å². The molecular weight excluding hydrogens is 263 g/mol. The van der Waals surface area contributed by atoms with Crippen molar-refractivity contribution in [3.8, 4) is 11.5 Å². The van der Waals surface area contributed by atoms with Crippen molar-refractivity contribution in [2.24, 2.45) is 0 Å². The first-order valence-electron chi connectivity index (χ1n) is 5.23. The number of benzene rings is 1. The first kappa shape index (κ1) is 13.3. The third-order valence-electron chi connectivity index (χ3n) is 2.63. The van der Waals surface area contributed by atoms with Crippen molar-refractivity contribution < 1.29 is 22.6 Å². The number of rotatable bonds is 2. The van der Waals surface area contributed by atoms with Gasteiger partial charge in [-0.2, -0.15) is 13.2 Å². The van der Waals surface area contributed by atoms with E-state index < -0.39 is 17.3 Å². The summed E-state index contributed by atoms with van der Waals surface area (Å²) in [6, 6.07) is 3.26. The first-order chi connectivity index (χ1) is 8.86. The average Bonchev–Trinajstić information content (AvgIpc) is 2.35. The fourth-order valence-electron chi connectivity index (χ4n) is 1.76. The molecule has 1 N–H and O–H groups in total. The van der Waals surface area contributed by atoms with E-state index in [9.17, 15) is 18.0 Å². The van der Waals surface area contributed by atoms with Gasteiger partial charge in [-0.25, -0.2) is 0 Å². The highest BCUT2D eigenvalue weighted by Crippen LogP contribution is 2.31. The highest BCUT2D eigenvalue weighted by molar-refractivity contribution is 5.86. The first-order valence-corrected chi connectivity index (χ1v) is 5.23. The molecule has 19 heavy (non-hydrogen) atoms. The molecule has 102 valence electrons. The lowest BCUT2D eigenvalue weighted by Gasteiger charge is -2.11. The summed E-state index contributed by atoms with van der Waals surface area (Å²) >= 11 is 0. The fraction of sp³-hybridized carbons (Fsp3) is 0.250. The molecule has 2 rings (SSSR count). The Morgan fingerprint density at radius 2 is 1.79 bits per heavy atom. The lowest BCUT2D eigenvalue weighted by atomic mass is 10.1. The molecule has 0 aliphatic rings. The van der Waals surface area contributed by atoms with Crippen LogP contribution in [0.1, 0.15) is 5.69 Å². The topological polar surface area (TPSA) is 51.3 Å².